The molecule has 2 aromatic rings. The Morgan fingerprint density at radius 3 is 2.43 bits per heavy atom. The Kier molecular flexibility index (Phi) is 5.23. The molecule has 0 radical (unpaired) electrons. The zero-order valence-electron chi connectivity index (χ0n) is 12.8. The third-order valence-corrected chi connectivity index (χ3v) is 3.37. The van der Waals surface area contributed by atoms with Crippen molar-refractivity contribution < 1.29 is 18.4 Å². The number of halogens is 2. The molecule has 0 atom stereocenters. The van der Waals surface area contributed by atoms with Gasteiger partial charge in [0.05, 0.1) is 12.0 Å². The molecular weight excluding hydrogens is 306 g/mol. The molecule has 23 heavy (non-hydrogen) atoms. The van der Waals surface area contributed by atoms with Crippen LogP contribution in [-0.4, -0.2) is 24.0 Å². The number of methoxy groups -OCH3 is 1. The molecule has 0 aliphatic carbocycles. The highest BCUT2D eigenvalue weighted by molar-refractivity contribution is 5.43. The maximum atomic E-state index is 13.7. The highest BCUT2D eigenvalue weighted by atomic mass is 19.1. The van der Waals surface area contributed by atoms with Crippen LogP contribution in [0.5, 0.6) is 5.75 Å². The van der Waals surface area contributed by atoms with Crippen LogP contribution in [0.3, 0.4) is 0 Å². The second-order valence-corrected chi connectivity index (χ2v) is 5.16. The van der Waals surface area contributed by atoms with Crippen molar-refractivity contribution >= 4 is 5.69 Å². The van der Waals surface area contributed by atoms with Crippen molar-refractivity contribution in [3.63, 3.8) is 0 Å². The fraction of sp³-hybridized carbons (Fsp3) is 0.250. The van der Waals surface area contributed by atoms with Crippen LogP contribution in [0.15, 0.2) is 36.4 Å². The lowest BCUT2D eigenvalue weighted by Gasteiger charge is -2.18. The molecule has 122 valence electrons. The molecule has 5 nitrogen and oxygen atoms in total. The molecule has 0 aliphatic rings. The van der Waals surface area contributed by atoms with Gasteiger partial charge in [0.15, 0.2) is 0 Å². The summed E-state index contributed by atoms with van der Waals surface area (Å²) >= 11 is 0. The molecule has 0 aromatic heterocycles. The summed E-state index contributed by atoms with van der Waals surface area (Å²) in [6.45, 7) is 0.555. The van der Waals surface area contributed by atoms with Crippen LogP contribution >= 0.6 is 0 Å². The number of benzene rings is 2. The summed E-state index contributed by atoms with van der Waals surface area (Å²) in [6, 6.07) is 7.72. The van der Waals surface area contributed by atoms with Crippen LogP contribution in [-0.2, 0) is 13.1 Å². The number of non-ortho nitro benzene ring substituents is 1. The van der Waals surface area contributed by atoms with Crippen molar-refractivity contribution in [1.82, 2.24) is 4.90 Å². The van der Waals surface area contributed by atoms with Crippen molar-refractivity contribution in [2.75, 3.05) is 14.2 Å². The highest BCUT2D eigenvalue weighted by Crippen LogP contribution is 2.25. The fourth-order valence-corrected chi connectivity index (χ4v) is 2.29. The SMILES string of the molecule is COc1ccc([N+](=O)[O-])cc1CN(C)Cc1ccc(F)cc1F. The lowest BCUT2D eigenvalue weighted by atomic mass is 10.1. The van der Waals surface area contributed by atoms with E-state index in [-0.39, 0.29) is 12.2 Å². The Hall–Kier alpha value is -2.54. The number of nitro benzene ring substituents is 1. The zero-order chi connectivity index (χ0) is 17.0. The van der Waals surface area contributed by atoms with Crippen molar-refractivity contribution in [2.45, 2.75) is 13.1 Å². The van der Waals surface area contributed by atoms with Crippen LogP contribution in [0.2, 0.25) is 0 Å². The van der Waals surface area contributed by atoms with Crippen LogP contribution in [0.25, 0.3) is 0 Å². The Morgan fingerprint density at radius 2 is 1.83 bits per heavy atom. The van der Waals surface area contributed by atoms with Crippen LogP contribution in [0, 0.1) is 21.7 Å². The first-order chi connectivity index (χ1) is 10.9. The maximum Gasteiger partial charge on any atom is 0.270 e. The zero-order valence-corrected chi connectivity index (χ0v) is 12.8. The van der Waals surface area contributed by atoms with Gasteiger partial charge in [0, 0.05) is 42.4 Å². The van der Waals surface area contributed by atoms with Crippen molar-refractivity contribution in [3.8, 4) is 5.75 Å². The van der Waals surface area contributed by atoms with Crippen molar-refractivity contribution in [1.29, 1.82) is 0 Å². The first-order valence-electron chi connectivity index (χ1n) is 6.84. The number of rotatable bonds is 6. The number of nitrogens with zero attached hydrogens (tertiary/aromatic N) is 2. The maximum absolute atomic E-state index is 13.7. The second-order valence-electron chi connectivity index (χ2n) is 5.16. The summed E-state index contributed by atoms with van der Waals surface area (Å²) in [4.78, 5) is 12.2. The van der Waals surface area contributed by atoms with E-state index in [0.717, 1.165) is 6.07 Å². The van der Waals surface area contributed by atoms with E-state index < -0.39 is 16.6 Å². The molecule has 7 heteroatoms. The van der Waals surface area contributed by atoms with Crippen molar-refractivity contribution in [2.24, 2.45) is 0 Å². The Morgan fingerprint density at radius 1 is 1.13 bits per heavy atom. The van der Waals surface area contributed by atoms with Gasteiger partial charge in [-0.1, -0.05) is 6.07 Å². The van der Waals surface area contributed by atoms with E-state index >= 15 is 0 Å². The third-order valence-electron chi connectivity index (χ3n) is 3.37. The van der Waals surface area contributed by atoms with Crippen LogP contribution in [0.1, 0.15) is 11.1 Å². The standard InChI is InChI=1S/C16H16F2N2O3/c1-19(9-11-3-4-13(17)8-15(11)18)10-12-7-14(20(21)22)5-6-16(12)23-2/h3-8H,9-10H2,1-2H3. The molecule has 0 saturated heterocycles. The van der Waals surface area contributed by atoms with Gasteiger partial charge < -0.3 is 4.74 Å². The Balaban J connectivity index is 2.17. The highest BCUT2D eigenvalue weighted by Gasteiger charge is 2.14. The molecule has 0 N–H and O–H groups in total. The minimum Gasteiger partial charge on any atom is -0.496 e. The summed E-state index contributed by atoms with van der Waals surface area (Å²) in [6.07, 6.45) is 0. The smallest absolute Gasteiger partial charge is 0.270 e. The van der Waals surface area contributed by atoms with E-state index in [1.54, 1.807) is 11.9 Å². The summed E-state index contributed by atoms with van der Waals surface area (Å²) in [5.41, 5.74) is 0.923. The molecule has 2 rings (SSSR count). The minimum absolute atomic E-state index is 0.0397. The van der Waals surface area contributed by atoms with Gasteiger partial charge in [-0.25, -0.2) is 8.78 Å². The average Bonchev–Trinajstić information content (AvgIpc) is 2.50. The quantitative estimate of drug-likeness (QED) is 0.603. The number of hydrogen-bond acceptors (Lipinski definition) is 4. The molecule has 2 aromatic carbocycles. The predicted octanol–water partition coefficient (Wildman–Crippen LogP) is 3.51. The molecule has 0 heterocycles. The first-order valence-corrected chi connectivity index (χ1v) is 6.84. The van der Waals surface area contributed by atoms with Gasteiger partial charge in [-0.2, -0.15) is 0 Å². The minimum atomic E-state index is -0.630. The first kappa shape index (κ1) is 16.8. The summed E-state index contributed by atoms with van der Waals surface area (Å²) in [5, 5.41) is 10.9. The third kappa shape index (κ3) is 4.23. The topological polar surface area (TPSA) is 55.6 Å². The molecule has 0 saturated carbocycles. The van der Waals surface area contributed by atoms with Gasteiger partial charge in [0.1, 0.15) is 17.4 Å². The number of nitro groups is 1. The van der Waals surface area contributed by atoms with E-state index in [4.69, 9.17) is 4.74 Å². The van der Waals surface area contributed by atoms with E-state index in [9.17, 15) is 18.9 Å². The molecule has 0 amide bonds. The van der Waals surface area contributed by atoms with Gasteiger partial charge in [-0.15, -0.1) is 0 Å². The Labute approximate surface area is 132 Å². The normalized spacial score (nSPS) is 10.8. The lowest BCUT2D eigenvalue weighted by Crippen LogP contribution is -2.18. The van der Waals surface area contributed by atoms with Gasteiger partial charge in [0.25, 0.3) is 5.69 Å². The summed E-state index contributed by atoms with van der Waals surface area (Å²) in [7, 11) is 3.21. The lowest BCUT2D eigenvalue weighted by molar-refractivity contribution is -0.384. The molecule has 0 bridgehead atoms. The van der Waals surface area contributed by atoms with Gasteiger partial charge in [-0.05, 0) is 19.2 Å². The number of hydrogen-bond donors (Lipinski definition) is 0. The fourth-order valence-electron chi connectivity index (χ4n) is 2.29. The van der Waals surface area contributed by atoms with Gasteiger partial charge in [0.2, 0.25) is 0 Å². The Bertz CT molecular complexity index is 722. The molecular formula is C16H16F2N2O3. The monoisotopic (exact) mass is 322 g/mol. The summed E-state index contributed by atoms with van der Waals surface area (Å²) < 4.78 is 31.8. The van der Waals surface area contributed by atoms with Crippen molar-refractivity contribution in [3.05, 3.63) is 69.3 Å². The van der Waals surface area contributed by atoms with E-state index in [2.05, 4.69) is 0 Å². The van der Waals surface area contributed by atoms with E-state index in [1.807, 2.05) is 0 Å². The van der Waals surface area contributed by atoms with Crippen LogP contribution < -0.4 is 4.74 Å². The number of ether oxygens (including phenoxy) is 1. The van der Waals surface area contributed by atoms with E-state index in [0.29, 0.717) is 23.4 Å². The largest absolute Gasteiger partial charge is 0.496 e. The van der Waals surface area contributed by atoms with Gasteiger partial charge in [-0.3, -0.25) is 15.0 Å². The molecule has 0 spiro atoms. The molecule has 0 fully saturated rings. The molecule has 0 unspecified atom stereocenters. The summed E-state index contributed by atoms with van der Waals surface area (Å²) in [5.74, 6) is -0.737. The van der Waals surface area contributed by atoms with Gasteiger partial charge >= 0.3 is 0 Å². The van der Waals surface area contributed by atoms with E-state index in [1.165, 1.54) is 37.4 Å². The van der Waals surface area contributed by atoms with Crippen LogP contribution in [0.4, 0.5) is 14.5 Å². The molecule has 0 aliphatic heterocycles. The second kappa shape index (κ2) is 7.15. The predicted molar refractivity (Wildman–Crippen MR) is 81.2 cm³/mol. The average molecular weight is 322 g/mol.